The van der Waals surface area contributed by atoms with E-state index in [1.54, 1.807) is 19.1 Å². The molecule has 0 saturated heterocycles. The van der Waals surface area contributed by atoms with Gasteiger partial charge in [-0.05, 0) is 49.9 Å². The predicted octanol–water partition coefficient (Wildman–Crippen LogP) is 4.60. The second-order valence-electron chi connectivity index (χ2n) is 8.55. The fraction of sp³-hybridized carbons (Fsp3) is 0.480. The summed E-state index contributed by atoms with van der Waals surface area (Å²) in [4.78, 5) is 13.3. The second kappa shape index (κ2) is 9.53. The van der Waals surface area contributed by atoms with Crippen LogP contribution in [0.2, 0.25) is 0 Å². The number of nitrogens with one attached hydrogen (secondary N) is 1. The lowest BCUT2D eigenvalue weighted by atomic mass is 9.83. The Bertz CT molecular complexity index is 1050. The molecule has 3 rings (SSSR count). The van der Waals surface area contributed by atoms with Crippen LogP contribution in [0.3, 0.4) is 0 Å². The normalized spacial score (nSPS) is 18.2. The number of hydrogen-bond donors (Lipinski definition) is 1. The lowest BCUT2D eigenvalue weighted by Crippen LogP contribution is -2.51. The molecule has 0 radical (unpaired) electrons. The van der Waals surface area contributed by atoms with Gasteiger partial charge < -0.3 is 10.1 Å². The summed E-state index contributed by atoms with van der Waals surface area (Å²) in [6, 6.07) is 13.9. The van der Waals surface area contributed by atoms with Crippen LogP contribution in [0.4, 0.5) is 5.69 Å². The van der Waals surface area contributed by atoms with E-state index in [2.05, 4.69) is 19.2 Å². The van der Waals surface area contributed by atoms with Crippen molar-refractivity contribution in [3.63, 3.8) is 0 Å². The quantitative estimate of drug-likeness (QED) is 0.627. The molecule has 2 atom stereocenters. The Balaban J connectivity index is 1.90. The molecule has 0 fully saturated rings. The molecule has 2 aromatic rings. The Morgan fingerprint density at radius 1 is 1.12 bits per heavy atom. The summed E-state index contributed by atoms with van der Waals surface area (Å²) in [6.07, 6.45) is 4.26. The lowest BCUT2D eigenvalue weighted by Gasteiger charge is -2.42. The number of hydrogen-bond acceptors (Lipinski definition) is 4. The van der Waals surface area contributed by atoms with Crippen LogP contribution in [0, 0.1) is 0 Å². The van der Waals surface area contributed by atoms with E-state index < -0.39 is 16.1 Å². The highest BCUT2D eigenvalue weighted by atomic mass is 32.2. The number of ether oxygens (including phenoxy) is 1. The summed E-state index contributed by atoms with van der Waals surface area (Å²) in [5.74, 6) is 0.438. The summed E-state index contributed by atoms with van der Waals surface area (Å²) in [5, 5.41) is 3.12. The van der Waals surface area contributed by atoms with Crippen LogP contribution < -0.4 is 14.4 Å². The van der Waals surface area contributed by atoms with Crippen molar-refractivity contribution in [1.29, 1.82) is 0 Å². The minimum atomic E-state index is -3.67. The first-order chi connectivity index (χ1) is 15.1. The molecule has 0 aromatic heterocycles. The zero-order chi connectivity index (χ0) is 23.5. The van der Waals surface area contributed by atoms with Crippen LogP contribution in [-0.2, 0) is 21.2 Å². The molecule has 2 aromatic carbocycles. The van der Waals surface area contributed by atoms with Gasteiger partial charge in [-0.25, -0.2) is 8.42 Å². The summed E-state index contributed by atoms with van der Waals surface area (Å²) >= 11 is 0. The van der Waals surface area contributed by atoms with E-state index in [4.69, 9.17) is 4.74 Å². The first-order valence-electron chi connectivity index (χ1n) is 11.3. The maximum absolute atomic E-state index is 13.3. The number of para-hydroxylation sites is 1. The highest BCUT2D eigenvalue weighted by molar-refractivity contribution is 7.92. The van der Waals surface area contributed by atoms with E-state index in [0.29, 0.717) is 12.1 Å². The van der Waals surface area contributed by atoms with Crippen molar-refractivity contribution in [1.82, 2.24) is 5.32 Å². The molecular weight excluding hydrogens is 424 g/mol. The van der Waals surface area contributed by atoms with Gasteiger partial charge in [-0.3, -0.25) is 9.10 Å². The second-order valence-corrected chi connectivity index (χ2v) is 10.4. The molecule has 1 N–H and O–H groups in total. The van der Waals surface area contributed by atoms with Crippen molar-refractivity contribution < 1.29 is 17.9 Å². The Kier molecular flexibility index (Phi) is 7.18. The van der Waals surface area contributed by atoms with Crippen LogP contribution in [0.1, 0.15) is 64.1 Å². The van der Waals surface area contributed by atoms with Gasteiger partial charge in [0.25, 0.3) is 0 Å². The topological polar surface area (TPSA) is 75.7 Å². The number of amides is 1. The highest BCUT2D eigenvalue weighted by Gasteiger charge is 2.40. The number of anilines is 1. The zero-order valence-electron chi connectivity index (χ0n) is 19.6. The van der Waals surface area contributed by atoms with Crippen molar-refractivity contribution >= 4 is 21.6 Å². The molecule has 32 heavy (non-hydrogen) atoms. The van der Waals surface area contributed by atoms with Crippen LogP contribution in [0.25, 0.3) is 0 Å². The van der Waals surface area contributed by atoms with Crippen molar-refractivity contribution in [2.45, 2.75) is 71.1 Å². The molecule has 7 heteroatoms. The Hall–Kier alpha value is -2.54. The Morgan fingerprint density at radius 3 is 2.31 bits per heavy atom. The lowest BCUT2D eigenvalue weighted by molar-refractivity contribution is -0.123. The van der Waals surface area contributed by atoms with Gasteiger partial charge in [-0.1, -0.05) is 51.1 Å². The standard InChI is InChI=1S/C25H34N2O4S/c1-6-19-13-15-20(16-14-19)27(32(5,29)30)18(4)24(28)26-22-17-25(7-2,8-3)31-23-12-10-9-11-21(22)23/h9-16,18,22H,6-8,17H2,1-5H3,(H,26,28)/t18-,22-/m1/s1. The predicted molar refractivity (Wildman–Crippen MR) is 128 cm³/mol. The van der Waals surface area contributed by atoms with E-state index in [-0.39, 0.29) is 17.6 Å². The number of aryl methyl sites for hydroxylation is 1. The minimum absolute atomic E-state index is 0.251. The van der Waals surface area contributed by atoms with Crippen LogP contribution in [0.5, 0.6) is 5.75 Å². The number of benzene rings is 2. The van der Waals surface area contributed by atoms with Gasteiger partial charge in [0, 0.05) is 12.0 Å². The number of carbonyl (C=O) groups excluding carboxylic acids is 1. The third kappa shape index (κ3) is 4.93. The van der Waals surface area contributed by atoms with E-state index in [1.807, 2.05) is 43.3 Å². The van der Waals surface area contributed by atoms with Gasteiger partial charge in [0.15, 0.2) is 0 Å². The first kappa shape index (κ1) is 24.1. The molecule has 0 saturated carbocycles. The largest absolute Gasteiger partial charge is 0.487 e. The van der Waals surface area contributed by atoms with Gasteiger partial charge in [0.05, 0.1) is 18.0 Å². The Morgan fingerprint density at radius 2 is 1.75 bits per heavy atom. The monoisotopic (exact) mass is 458 g/mol. The molecule has 1 heterocycles. The maximum atomic E-state index is 13.3. The fourth-order valence-electron chi connectivity index (χ4n) is 4.41. The average molecular weight is 459 g/mol. The molecule has 0 aliphatic carbocycles. The number of sulfonamides is 1. The number of rotatable bonds is 8. The molecule has 1 aliphatic heterocycles. The third-order valence-electron chi connectivity index (χ3n) is 6.49. The summed E-state index contributed by atoms with van der Waals surface area (Å²) < 4.78 is 32.8. The minimum Gasteiger partial charge on any atom is -0.487 e. The number of carbonyl (C=O) groups is 1. The molecule has 0 bridgehead atoms. The fourth-order valence-corrected chi connectivity index (χ4v) is 5.58. The van der Waals surface area contributed by atoms with Crippen molar-refractivity contribution in [2.75, 3.05) is 10.6 Å². The first-order valence-corrected chi connectivity index (χ1v) is 13.2. The van der Waals surface area contributed by atoms with Gasteiger partial charge in [0.2, 0.25) is 15.9 Å². The number of fused-ring (bicyclic) bond motifs is 1. The molecule has 1 aliphatic rings. The average Bonchev–Trinajstić information content (AvgIpc) is 2.78. The SMILES string of the molecule is CCc1ccc(N([C@H](C)C(=O)N[C@@H]2CC(CC)(CC)Oc3ccccc32)S(C)(=O)=O)cc1. The van der Waals surface area contributed by atoms with Crippen molar-refractivity contribution in [2.24, 2.45) is 0 Å². The van der Waals surface area contributed by atoms with Gasteiger partial charge >= 0.3 is 0 Å². The van der Waals surface area contributed by atoms with E-state index in [1.165, 1.54) is 4.31 Å². The van der Waals surface area contributed by atoms with Crippen molar-refractivity contribution in [3.8, 4) is 5.75 Å². The summed E-state index contributed by atoms with van der Waals surface area (Å²) in [5.41, 5.74) is 2.15. The number of nitrogens with zero attached hydrogens (tertiary/aromatic N) is 1. The van der Waals surface area contributed by atoms with Crippen molar-refractivity contribution in [3.05, 3.63) is 59.7 Å². The van der Waals surface area contributed by atoms with E-state index in [9.17, 15) is 13.2 Å². The van der Waals surface area contributed by atoms with E-state index >= 15 is 0 Å². The van der Waals surface area contributed by atoms with Gasteiger partial charge in [0.1, 0.15) is 17.4 Å². The molecular formula is C25H34N2O4S. The molecule has 1 amide bonds. The van der Waals surface area contributed by atoms with E-state index in [0.717, 1.165) is 42.4 Å². The third-order valence-corrected chi connectivity index (χ3v) is 7.73. The smallest absolute Gasteiger partial charge is 0.244 e. The van der Waals surface area contributed by atoms with Gasteiger partial charge in [-0.2, -0.15) is 0 Å². The maximum Gasteiger partial charge on any atom is 0.244 e. The molecule has 174 valence electrons. The Labute approximate surface area is 192 Å². The highest BCUT2D eigenvalue weighted by Crippen LogP contribution is 2.42. The van der Waals surface area contributed by atoms with Gasteiger partial charge in [-0.15, -0.1) is 0 Å². The van der Waals surface area contributed by atoms with Crippen LogP contribution in [0.15, 0.2) is 48.5 Å². The summed E-state index contributed by atoms with van der Waals surface area (Å²) in [6.45, 7) is 7.84. The zero-order valence-corrected chi connectivity index (χ0v) is 20.4. The summed E-state index contributed by atoms with van der Waals surface area (Å²) in [7, 11) is -3.67. The molecule has 0 spiro atoms. The molecule has 0 unspecified atom stereocenters. The van der Waals surface area contributed by atoms with Crippen LogP contribution in [-0.4, -0.2) is 32.2 Å². The molecule has 6 nitrogen and oxygen atoms in total. The van der Waals surface area contributed by atoms with Crippen LogP contribution >= 0.6 is 0 Å².